The van der Waals surface area contributed by atoms with E-state index in [2.05, 4.69) is 49.1 Å². The fraction of sp³-hybridized carbons (Fsp3) is 0.619. The second kappa shape index (κ2) is 10.8. The van der Waals surface area contributed by atoms with Crippen molar-refractivity contribution in [1.29, 1.82) is 0 Å². The van der Waals surface area contributed by atoms with E-state index in [1.165, 1.54) is 5.01 Å². The Balaban J connectivity index is 3.07. The van der Waals surface area contributed by atoms with E-state index >= 15 is 0 Å². The molecule has 0 aliphatic carbocycles. The minimum absolute atomic E-state index is 0.301. The van der Waals surface area contributed by atoms with Gasteiger partial charge in [0.15, 0.2) is 0 Å². The molecule has 0 saturated heterocycles. The molecular formula is C21H33BrN2O3. The number of carbonyl (C=O) groups excluding carboxylic acids is 2. The van der Waals surface area contributed by atoms with Crippen LogP contribution in [0.5, 0.6) is 0 Å². The number of aliphatic hydroxyl groups is 1. The van der Waals surface area contributed by atoms with E-state index in [0.29, 0.717) is 30.4 Å². The number of rotatable bonds is 9. The van der Waals surface area contributed by atoms with Crippen LogP contribution in [-0.2, 0) is 9.59 Å². The van der Waals surface area contributed by atoms with E-state index in [-0.39, 0.29) is 5.91 Å². The predicted molar refractivity (Wildman–Crippen MR) is 114 cm³/mol. The van der Waals surface area contributed by atoms with Gasteiger partial charge in [0.25, 0.3) is 11.8 Å². The first-order valence-electron chi connectivity index (χ1n) is 9.63. The monoisotopic (exact) mass is 440 g/mol. The second-order valence-corrected chi connectivity index (χ2v) is 9.34. The minimum atomic E-state index is -1.50. The number of nitrogens with one attached hydrogen (secondary N) is 1. The van der Waals surface area contributed by atoms with E-state index in [9.17, 15) is 14.7 Å². The third-order valence-corrected chi connectivity index (χ3v) is 4.87. The molecule has 0 radical (unpaired) electrons. The summed E-state index contributed by atoms with van der Waals surface area (Å²) in [5, 5.41) is 12.4. The fourth-order valence-corrected chi connectivity index (χ4v) is 2.82. The lowest BCUT2D eigenvalue weighted by atomic mass is 9.86. The molecule has 1 aromatic rings. The largest absolute Gasteiger partial charge is 0.380 e. The maximum absolute atomic E-state index is 13.0. The summed E-state index contributed by atoms with van der Waals surface area (Å²) in [5.41, 5.74) is 1.72. The normalized spacial score (nSPS) is 12.9. The molecule has 27 heavy (non-hydrogen) atoms. The molecule has 6 heteroatoms. The number of alkyl halides is 1. The molecule has 5 nitrogen and oxygen atoms in total. The van der Waals surface area contributed by atoms with Crippen LogP contribution >= 0.6 is 15.9 Å². The first-order valence-corrected chi connectivity index (χ1v) is 10.5. The first kappa shape index (κ1) is 23.6. The van der Waals surface area contributed by atoms with Crippen molar-refractivity contribution in [2.75, 3.05) is 5.01 Å². The maximum atomic E-state index is 13.0. The summed E-state index contributed by atoms with van der Waals surface area (Å²) >= 11 is 3.27. The number of hydrogen-bond donors (Lipinski definition) is 2. The van der Waals surface area contributed by atoms with Gasteiger partial charge < -0.3 is 5.11 Å². The molecule has 0 heterocycles. The van der Waals surface area contributed by atoms with E-state index in [1.54, 1.807) is 31.2 Å². The van der Waals surface area contributed by atoms with Crippen molar-refractivity contribution in [2.45, 2.75) is 70.7 Å². The van der Waals surface area contributed by atoms with Crippen molar-refractivity contribution in [3.63, 3.8) is 0 Å². The molecule has 1 rings (SSSR count). The van der Waals surface area contributed by atoms with Crippen LogP contribution < -0.4 is 10.4 Å². The lowest BCUT2D eigenvalue weighted by Gasteiger charge is -2.32. The molecule has 0 saturated carbocycles. The van der Waals surface area contributed by atoms with Gasteiger partial charge in [-0.2, -0.15) is 0 Å². The first-order chi connectivity index (χ1) is 12.6. The molecule has 0 aromatic heterocycles. The average Bonchev–Trinajstić information content (AvgIpc) is 2.62. The molecule has 1 atom stereocenters. The number of para-hydroxylation sites is 1. The zero-order chi connectivity index (χ0) is 20.6. The van der Waals surface area contributed by atoms with Crippen molar-refractivity contribution in [3.8, 4) is 0 Å². The highest BCUT2D eigenvalue weighted by Crippen LogP contribution is 2.26. The Morgan fingerprint density at radius 3 is 1.93 bits per heavy atom. The van der Waals surface area contributed by atoms with Gasteiger partial charge in [0.1, 0.15) is 5.60 Å². The summed E-state index contributed by atoms with van der Waals surface area (Å²) in [7, 11) is 0. The van der Waals surface area contributed by atoms with Crippen LogP contribution in [0.2, 0.25) is 0 Å². The lowest BCUT2D eigenvalue weighted by Crippen LogP contribution is -2.56. The van der Waals surface area contributed by atoms with Crippen LogP contribution in [0.15, 0.2) is 30.3 Å². The zero-order valence-corrected chi connectivity index (χ0v) is 18.6. The summed E-state index contributed by atoms with van der Waals surface area (Å²) in [6.45, 7) is 9.95. The molecule has 0 bridgehead atoms. The van der Waals surface area contributed by atoms with Crippen LogP contribution in [0.1, 0.15) is 60.3 Å². The summed E-state index contributed by atoms with van der Waals surface area (Å²) in [5.74, 6) is -0.0885. The Labute approximate surface area is 171 Å². The number of hydrazine groups is 1. The number of nitrogens with zero attached hydrogens (tertiary/aromatic N) is 1. The van der Waals surface area contributed by atoms with E-state index in [1.807, 2.05) is 6.07 Å². The Morgan fingerprint density at radius 2 is 1.52 bits per heavy atom. The quantitative estimate of drug-likeness (QED) is 0.440. The van der Waals surface area contributed by atoms with Crippen molar-refractivity contribution >= 4 is 33.4 Å². The van der Waals surface area contributed by atoms with Crippen LogP contribution in [0.25, 0.3) is 0 Å². The van der Waals surface area contributed by atoms with Gasteiger partial charge in [0.2, 0.25) is 0 Å². The van der Waals surface area contributed by atoms with Gasteiger partial charge in [-0.1, -0.05) is 61.8 Å². The highest BCUT2D eigenvalue weighted by atomic mass is 79.9. The molecule has 1 aromatic carbocycles. The number of hydrogen-bond acceptors (Lipinski definition) is 3. The van der Waals surface area contributed by atoms with Crippen LogP contribution in [0.4, 0.5) is 5.69 Å². The lowest BCUT2D eigenvalue weighted by molar-refractivity contribution is -0.143. The molecule has 2 amide bonds. The third kappa shape index (κ3) is 7.62. The minimum Gasteiger partial charge on any atom is -0.380 e. The van der Waals surface area contributed by atoms with E-state index in [0.717, 1.165) is 12.8 Å². The van der Waals surface area contributed by atoms with Crippen molar-refractivity contribution in [2.24, 2.45) is 11.8 Å². The summed E-state index contributed by atoms with van der Waals surface area (Å²) in [4.78, 5) is 25.2. The van der Waals surface area contributed by atoms with Crippen LogP contribution in [-0.4, -0.2) is 27.3 Å². The Hall–Kier alpha value is -1.40. The van der Waals surface area contributed by atoms with Crippen molar-refractivity contribution < 1.29 is 14.7 Å². The number of benzene rings is 1. The summed E-state index contributed by atoms with van der Waals surface area (Å²) in [6, 6.07) is 8.92. The SMILES string of the molecule is CC(C)CCC(O)(CCC(C)C)C(=O)NN(C(=O)C(C)Br)c1ccccc1. The molecule has 0 aliphatic rings. The van der Waals surface area contributed by atoms with E-state index < -0.39 is 16.3 Å². The zero-order valence-electron chi connectivity index (χ0n) is 17.0. The van der Waals surface area contributed by atoms with Gasteiger partial charge in [0.05, 0.1) is 10.5 Å². The third-order valence-electron chi connectivity index (χ3n) is 4.48. The molecule has 0 spiro atoms. The standard InChI is InChI=1S/C21H33BrN2O3/c1-15(2)11-13-21(27,14-12-16(3)4)20(26)23-24(19(25)17(5)22)18-9-7-6-8-10-18/h6-10,15-17,27H,11-14H2,1-5H3,(H,23,26). The van der Waals surface area contributed by atoms with Crippen molar-refractivity contribution in [3.05, 3.63) is 30.3 Å². The highest BCUT2D eigenvalue weighted by molar-refractivity contribution is 9.10. The topological polar surface area (TPSA) is 69.6 Å². The van der Waals surface area contributed by atoms with E-state index in [4.69, 9.17) is 0 Å². The number of halogens is 1. The summed E-state index contributed by atoms with van der Waals surface area (Å²) in [6.07, 6.45) is 2.19. The molecule has 1 unspecified atom stereocenters. The number of amides is 2. The molecule has 2 N–H and O–H groups in total. The van der Waals surface area contributed by atoms with Gasteiger partial charge in [-0.3, -0.25) is 15.0 Å². The van der Waals surface area contributed by atoms with Gasteiger partial charge in [0, 0.05) is 0 Å². The smallest absolute Gasteiger partial charge is 0.270 e. The predicted octanol–water partition coefficient (Wildman–Crippen LogP) is 4.44. The van der Waals surface area contributed by atoms with Gasteiger partial charge in [-0.15, -0.1) is 0 Å². The van der Waals surface area contributed by atoms with Gasteiger partial charge in [-0.05, 0) is 56.6 Å². The Kier molecular flexibility index (Phi) is 9.47. The second-order valence-electron chi connectivity index (χ2n) is 7.96. The maximum Gasteiger partial charge on any atom is 0.270 e. The molecule has 152 valence electrons. The van der Waals surface area contributed by atoms with Crippen molar-refractivity contribution in [1.82, 2.24) is 5.43 Å². The van der Waals surface area contributed by atoms with Gasteiger partial charge >= 0.3 is 0 Å². The average molecular weight is 441 g/mol. The molecule has 0 fully saturated rings. The number of anilines is 1. The summed E-state index contributed by atoms with van der Waals surface area (Å²) < 4.78 is 0. The van der Waals surface area contributed by atoms with Crippen LogP contribution in [0, 0.1) is 11.8 Å². The Bertz CT molecular complexity index is 591. The number of carbonyl (C=O) groups is 2. The highest BCUT2D eigenvalue weighted by Gasteiger charge is 2.37. The Morgan fingerprint density at radius 1 is 1.04 bits per heavy atom. The fourth-order valence-electron chi connectivity index (χ4n) is 2.61. The van der Waals surface area contributed by atoms with Gasteiger partial charge in [-0.25, -0.2) is 5.01 Å². The van der Waals surface area contributed by atoms with Crippen LogP contribution in [0.3, 0.4) is 0 Å². The molecular weight excluding hydrogens is 408 g/mol. The molecule has 0 aliphatic heterocycles.